The first-order chi connectivity index (χ1) is 9.92. The highest BCUT2D eigenvalue weighted by Crippen LogP contribution is 2.19. The van der Waals surface area contributed by atoms with Crippen LogP contribution in [0.15, 0.2) is 73.1 Å². The maximum absolute atomic E-state index is 5.25. The fraction of sp³-hybridized carbons (Fsp3) is 0.400. The van der Waals surface area contributed by atoms with Gasteiger partial charge in [0.15, 0.2) is 0 Å². The highest BCUT2D eigenvalue weighted by Gasteiger charge is 2.03. The SMILES string of the molecule is C=C(/C=C\C(=C)C(=C)/C=C\C(=C)C(C)CCCC)OCC. The van der Waals surface area contributed by atoms with E-state index >= 15 is 0 Å². The summed E-state index contributed by atoms with van der Waals surface area (Å²) in [5, 5.41) is 0. The molecule has 0 amide bonds. The molecular weight excluding hydrogens is 256 g/mol. The van der Waals surface area contributed by atoms with Crippen LogP contribution in [0.3, 0.4) is 0 Å². The molecule has 0 bridgehead atoms. The summed E-state index contributed by atoms with van der Waals surface area (Å²) in [6.45, 7) is 22.9. The van der Waals surface area contributed by atoms with Crippen LogP contribution in [0.2, 0.25) is 0 Å². The second-order valence-corrected chi connectivity index (χ2v) is 5.23. The first-order valence-corrected chi connectivity index (χ1v) is 7.67. The number of unbranched alkanes of at least 4 members (excludes halogenated alkanes) is 1. The van der Waals surface area contributed by atoms with Crippen molar-refractivity contribution < 1.29 is 4.74 Å². The van der Waals surface area contributed by atoms with Crippen LogP contribution >= 0.6 is 0 Å². The van der Waals surface area contributed by atoms with Gasteiger partial charge in [-0.2, -0.15) is 0 Å². The van der Waals surface area contributed by atoms with Crippen LogP contribution < -0.4 is 0 Å². The molecule has 0 heterocycles. The molecule has 21 heavy (non-hydrogen) atoms. The third kappa shape index (κ3) is 8.91. The van der Waals surface area contributed by atoms with Crippen molar-refractivity contribution in [2.24, 2.45) is 5.92 Å². The van der Waals surface area contributed by atoms with Gasteiger partial charge in [-0.05, 0) is 36.5 Å². The molecule has 0 aromatic heterocycles. The largest absolute Gasteiger partial charge is 0.495 e. The Morgan fingerprint density at radius 3 is 2.05 bits per heavy atom. The quantitative estimate of drug-likeness (QED) is 0.327. The van der Waals surface area contributed by atoms with E-state index in [1.807, 2.05) is 31.2 Å². The lowest BCUT2D eigenvalue weighted by Gasteiger charge is -2.10. The van der Waals surface area contributed by atoms with E-state index in [9.17, 15) is 0 Å². The van der Waals surface area contributed by atoms with E-state index in [0.29, 0.717) is 18.3 Å². The second kappa shape index (κ2) is 11.0. The molecule has 0 aliphatic carbocycles. The van der Waals surface area contributed by atoms with Crippen molar-refractivity contribution in [2.45, 2.75) is 40.0 Å². The zero-order valence-corrected chi connectivity index (χ0v) is 14.0. The van der Waals surface area contributed by atoms with E-state index in [-0.39, 0.29) is 0 Å². The normalized spacial score (nSPS) is 12.5. The predicted molar refractivity (Wildman–Crippen MR) is 95.2 cm³/mol. The topological polar surface area (TPSA) is 9.23 Å². The molecule has 0 saturated carbocycles. The monoisotopic (exact) mass is 286 g/mol. The highest BCUT2D eigenvalue weighted by molar-refractivity contribution is 5.45. The van der Waals surface area contributed by atoms with Gasteiger partial charge in [0.2, 0.25) is 0 Å². The van der Waals surface area contributed by atoms with E-state index in [4.69, 9.17) is 4.74 Å². The first kappa shape index (κ1) is 19.2. The van der Waals surface area contributed by atoms with Gasteiger partial charge in [0.05, 0.1) is 6.61 Å². The second-order valence-electron chi connectivity index (χ2n) is 5.23. The third-order valence-electron chi connectivity index (χ3n) is 3.33. The Morgan fingerprint density at radius 2 is 1.52 bits per heavy atom. The summed E-state index contributed by atoms with van der Waals surface area (Å²) >= 11 is 0. The van der Waals surface area contributed by atoms with Crippen LogP contribution in [0.25, 0.3) is 0 Å². The minimum Gasteiger partial charge on any atom is -0.495 e. The van der Waals surface area contributed by atoms with Gasteiger partial charge in [0, 0.05) is 0 Å². The van der Waals surface area contributed by atoms with Crippen LogP contribution in [-0.2, 0) is 4.74 Å². The standard InChI is InChI=1S/C20H30O/c1-8-10-11-16(3)17(4)12-13-18(5)19(6)14-15-20(7)21-9-2/h12-16H,4-11H2,1-3H3/b13-12-,15-14-. The molecule has 1 heteroatoms. The van der Waals surface area contributed by atoms with Crippen molar-refractivity contribution in [3.05, 3.63) is 73.1 Å². The van der Waals surface area contributed by atoms with Crippen molar-refractivity contribution in [1.82, 2.24) is 0 Å². The molecule has 0 saturated heterocycles. The summed E-state index contributed by atoms with van der Waals surface area (Å²) in [5.74, 6) is 1.14. The van der Waals surface area contributed by atoms with Crippen molar-refractivity contribution >= 4 is 0 Å². The Kier molecular flexibility index (Phi) is 10.0. The summed E-state index contributed by atoms with van der Waals surface area (Å²) < 4.78 is 5.25. The smallest absolute Gasteiger partial charge is 0.112 e. The van der Waals surface area contributed by atoms with E-state index in [1.165, 1.54) is 19.3 Å². The Balaban J connectivity index is 4.40. The molecular formula is C20H30O. The average Bonchev–Trinajstić information content (AvgIpc) is 2.47. The lowest BCUT2D eigenvalue weighted by Crippen LogP contribution is -1.96. The maximum Gasteiger partial charge on any atom is 0.112 e. The Morgan fingerprint density at radius 1 is 0.952 bits per heavy atom. The number of allylic oxidation sites excluding steroid dienone is 7. The highest BCUT2D eigenvalue weighted by atomic mass is 16.5. The molecule has 116 valence electrons. The molecule has 0 spiro atoms. The fourth-order valence-electron chi connectivity index (χ4n) is 1.71. The zero-order chi connectivity index (χ0) is 16.3. The van der Waals surface area contributed by atoms with Gasteiger partial charge in [0.1, 0.15) is 5.76 Å². The number of rotatable bonds is 11. The van der Waals surface area contributed by atoms with Gasteiger partial charge in [0.25, 0.3) is 0 Å². The van der Waals surface area contributed by atoms with Crippen LogP contribution in [-0.4, -0.2) is 6.61 Å². The number of hydrogen-bond donors (Lipinski definition) is 0. The molecule has 0 fully saturated rings. The van der Waals surface area contributed by atoms with Gasteiger partial charge in [-0.3, -0.25) is 0 Å². The third-order valence-corrected chi connectivity index (χ3v) is 3.33. The Hall–Kier alpha value is -1.76. The van der Waals surface area contributed by atoms with Crippen LogP contribution in [0.1, 0.15) is 40.0 Å². The lowest BCUT2D eigenvalue weighted by atomic mass is 9.95. The number of hydrogen-bond acceptors (Lipinski definition) is 1. The van der Waals surface area contributed by atoms with Gasteiger partial charge >= 0.3 is 0 Å². The molecule has 0 aromatic rings. The fourth-order valence-corrected chi connectivity index (χ4v) is 1.71. The molecule has 0 aliphatic rings. The summed E-state index contributed by atoms with van der Waals surface area (Å²) in [4.78, 5) is 0. The predicted octanol–water partition coefficient (Wildman–Crippen LogP) is 6.14. The molecule has 1 unspecified atom stereocenters. The molecule has 1 atom stereocenters. The lowest BCUT2D eigenvalue weighted by molar-refractivity contribution is 0.244. The van der Waals surface area contributed by atoms with E-state index in [2.05, 4.69) is 40.2 Å². The van der Waals surface area contributed by atoms with Gasteiger partial charge in [-0.25, -0.2) is 0 Å². The molecule has 0 N–H and O–H groups in total. The number of ether oxygens (including phenoxy) is 1. The molecule has 0 radical (unpaired) electrons. The summed E-state index contributed by atoms with van der Waals surface area (Å²) in [7, 11) is 0. The van der Waals surface area contributed by atoms with E-state index in [1.54, 1.807) is 0 Å². The van der Waals surface area contributed by atoms with Crippen molar-refractivity contribution in [3.8, 4) is 0 Å². The molecule has 0 aromatic carbocycles. The van der Waals surface area contributed by atoms with Gasteiger partial charge in [-0.15, -0.1) is 0 Å². The van der Waals surface area contributed by atoms with Gasteiger partial charge in [-0.1, -0.05) is 76.8 Å². The van der Waals surface area contributed by atoms with Gasteiger partial charge < -0.3 is 4.74 Å². The molecule has 1 nitrogen and oxygen atoms in total. The van der Waals surface area contributed by atoms with Crippen LogP contribution in [0.4, 0.5) is 0 Å². The minimum atomic E-state index is 0.510. The van der Waals surface area contributed by atoms with Crippen molar-refractivity contribution in [3.63, 3.8) is 0 Å². The minimum absolute atomic E-state index is 0.510. The summed E-state index contributed by atoms with van der Waals surface area (Å²) in [6.07, 6.45) is 11.3. The van der Waals surface area contributed by atoms with Crippen molar-refractivity contribution in [1.29, 1.82) is 0 Å². The van der Waals surface area contributed by atoms with Crippen LogP contribution in [0.5, 0.6) is 0 Å². The molecule has 0 aliphatic heterocycles. The zero-order valence-electron chi connectivity index (χ0n) is 14.0. The summed E-state index contributed by atoms with van der Waals surface area (Å²) in [6, 6.07) is 0. The maximum atomic E-state index is 5.25. The average molecular weight is 286 g/mol. The Bertz CT molecular complexity index is 435. The summed E-state index contributed by atoms with van der Waals surface area (Å²) in [5.41, 5.74) is 2.86. The molecule has 0 rings (SSSR count). The van der Waals surface area contributed by atoms with E-state index in [0.717, 1.165) is 16.7 Å². The van der Waals surface area contributed by atoms with E-state index < -0.39 is 0 Å². The Labute approximate surface area is 131 Å². The first-order valence-electron chi connectivity index (χ1n) is 7.67. The van der Waals surface area contributed by atoms with Crippen molar-refractivity contribution in [2.75, 3.05) is 6.61 Å². The van der Waals surface area contributed by atoms with Crippen LogP contribution in [0, 0.1) is 5.92 Å².